The molecule has 1 amide bonds. The fourth-order valence-corrected chi connectivity index (χ4v) is 4.77. The largest absolute Gasteiger partial charge is 0.462 e. The summed E-state index contributed by atoms with van der Waals surface area (Å²) < 4.78 is 41.7. The molecule has 39 heavy (non-hydrogen) atoms. The van der Waals surface area contributed by atoms with Gasteiger partial charge in [-0.3, -0.25) is 4.79 Å². The molecule has 2 aromatic rings. The molecule has 0 radical (unpaired) electrons. The number of nitrogens with one attached hydrogen (secondary N) is 2. The van der Waals surface area contributed by atoms with Crippen LogP contribution in [0.25, 0.3) is 17.0 Å². The lowest BCUT2D eigenvalue weighted by molar-refractivity contribution is 0.0511. The monoisotopic (exact) mass is 547 g/mol. The maximum atomic E-state index is 15.1. The van der Waals surface area contributed by atoms with Crippen LogP contribution in [-0.2, 0) is 9.47 Å². The highest BCUT2D eigenvalue weighted by Gasteiger charge is 2.30. The molecule has 1 saturated carbocycles. The Kier molecular flexibility index (Phi) is 9.53. The third kappa shape index (κ3) is 7.23. The maximum Gasteiger partial charge on any atom is 0.407 e. The second kappa shape index (κ2) is 12.3. The minimum Gasteiger partial charge on any atom is -0.462 e. The lowest BCUT2D eigenvalue weighted by atomic mass is 10.0. The summed E-state index contributed by atoms with van der Waals surface area (Å²) in [6, 6.07) is 0.964. The molecule has 4 rings (SSSR count). The van der Waals surface area contributed by atoms with Crippen molar-refractivity contribution in [1.82, 2.24) is 15.2 Å². The van der Waals surface area contributed by atoms with E-state index in [1.165, 1.54) is 12.3 Å². The summed E-state index contributed by atoms with van der Waals surface area (Å²) in [7, 11) is 0. The van der Waals surface area contributed by atoms with Crippen LogP contribution in [0.3, 0.4) is 0 Å². The fraction of sp³-hybridized carbons (Fsp3) is 0.552. The minimum atomic E-state index is -1.15. The number of carbonyl (C=O) groups is 2. The average Bonchev–Trinajstić information content (AvgIpc) is 3.58. The van der Waals surface area contributed by atoms with E-state index in [0.717, 1.165) is 25.3 Å². The van der Waals surface area contributed by atoms with E-state index < -0.39 is 34.7 Å². The predicted octanol–water partition coefficient (Wildman–Crippen LogP) is 5.33. The topological polar surface area (TPSA) is 98.7 Å². The minimum absolute atomic E-state index is 0. The Hall–Kier alpha value is -3.27. The van der Waals surface area contributed by atoms with E-state index in [4.69, 9.17) is 9.47 Å². The number of ether oxygens (including phenoxy) is 2. The number of alkyl carbamates (subject to hydrolysis) is 1. The van der Waals surface area contributed by atoms with Crippen molar-refractivity contribution in [3.63, 3.8) is 0 Å². The van der Waals surface area contributed by atoms with E-state index in [-0.39, 0.29) is 54.1 Å². The summed E-state index contributed by atoms with van der Waals surface area (Å²) >= 11 is 0. The van der Waals surface area contributed by atoms with E-state index in [0.29, 0.717) is 19.5 Å². The molecule has 0 bridgehead atoms. The average molecular weight is 548 g/mol. The van der Waals surface area contributed by atoms with Crippen molar-refractivity contribution in [2.24, 2.45) is 5.92 Å². The van der Waals surface area contributed by atoms with Gasteiger partial charge in [-0.15, -0.1) is 0 Å². The lowest BCUT2D eigenvalue weighted by Gasteiger charge is -2.20. The first-order valence-electron chi connectivity index (χ1n) is 13.1. The second-order valence-electron chi connectivity index (χ2n) is 10.9. The molecule has 2 fully saturated rings. The van der Waals surface area contributed by atoms with Gasteiger partial charge >= 0.3 is 12.1 Å². The van der Waals surface area contributed by atoms with Gasteiger partial charge in [-0.2, -0.15) is 0 Å². The molecule has 1 saturated heterocycles. The molecule has 1 aliphatic heterocycles. The van der Waals surface area contributed by atoms with E-state index in [1.54, 1.807) is 38.3 Å². The van der Waals surface area contributed by atoms with Gasteiger partial charge in [0, 0.05) is 30.4 Å². The van der Waals surface area contributed by atoms with Crippen molar-refractivity contribution in [1.29, 1.82) is 0 Å². The Morgan fingerprint density at radius 1 is 1.26 bits per heavy atom. The van der Waals surface area contributed by atoms with Crippen molar-refractivity contribution in [3.8, 4) is 0 Å². The van der Waals surface area contributed by atoms with Gasteiger partial charge in [0.25, 0.3) is 0 Å². The zero-order valence-corrected chi connectivity index (χ0v) is 22.2. The third-order valence-corrected chi connectivity index (χ3v) is 6.63. The molecule has 1 aliphatic carbocycles. The van der Waals surface area contributed by atoms with Crippen molar-refractivity contribution in [2.75, 3.05) is 19.7 Å². The van der Waals surface area contributed by atoms with Gasteiger partial charge < -0.3 is 24.7 Å². The quantitative estimate of drug-likeness (QED) is 0.434. The van der Waals surface area contributed by atoms with Gasteiger partial charge in [0.05, 0.1) is 17.5 Å². The van der Waals surface area contributed by atoms with Crippen LogP contribution in [0.4, 0.5) is 13.6 Å². The summed E-state index contributed by atoms with van der Waals surface area (Å²) in [6.45, 7) is 8.33. The number of rotatable bonds is 8. The van der Waals surface area contributed by atoms with Crippen LogP contribution in [-0.4, -0.2) is 48.0 Å². The zero-order valence-electron chi connectivity index (χ0n) is 22.2. The molecule has 0 spiro atoms. The first-order chi connectivity index (χ1) is 18.0. The van der Waals surface area contributed by atoms with E-state index in [9.17, 15) is 18.8 Å². The van der Waals surface area contributed by atoms with Gasteiger partial charge in [0.2, 0.25) is 5.43 Å². The number of pyridine rings is 1. The number of halogens is 2. The summed E-state index contributed by atoms with van der Waals surface area (Å²) in [5.41, 5.74) is -1.16. The summed E-state index contributed by atoms with van der Waals surface area (Å²) in [4.78, 5) is 37.4. The standard InChI is InChI=1S/C28H35F2N3O5.CH4/c1-5-37-26(35)21-15-33(18-9-10-18)24-19(23(30)22(29)12-20(24)25(21)34)8-6-7-17-11-16(13-31-17)14-32-27(36)38-28(2,3)4;/h6,8,12,15-18,31H,5,7,9-11,13-14H2,1-4H3,(H,32,36);1H4/b8-6-;. The molecule has 2 unspecified atom stereocenters. The molecule has 10 heteroatoms. The van der Waals surface area contributed by atoms with Crippen LogP contribution in [0.2, 0.25) is 0 Å². The Labute approximate surface area is 227 Å². The molecule has 2 aliphatic rings. The van der Waals surface area contributed by atoms with Gasteiger partial charge in [-0.1, -0.05) is 19.6 Å². The van der Waals surface area contributed by atoms with Crippen molar-refractivity contribution >= 4 is 29.0 Å². The highest BCUT2D eigenvalue weighted by molar-refractivity contribution is 5.96. The predicted molar refractivity (Wildman–Crippen MR) is 147 cm³/mol. The normalized spacial score (nSPS) is 19.2. The number of hydrogen-bond donors (Lipinski definition) is 2. The number of carbonyl (C=O) groups excluding carboxylic acids is 2. The molecule has 214 valence electrons. The summed E-state index contributed by atoms with van der Waals surface area (Å²) in [5.74, 6) is -2.75. The summed E-state index contributed by atoms with van der Waals surface area (Å²) in [5, 5.41) is 6.13. The Balaban J connectivity index is 0.00000420. The highest BCUT2D eigenvalue weighted by atomic mass is 19.2. The number of hydrogen-bond acceptors (Lipinski definition) is 6. The second-order valence-corrected chi connectivity index (χ2v) is 10.9. The molecule has 1 aromatic carbocycles. The molecular weight excluding hydrogens is 508 g/mol. The highest BCUT2D eigenvalue weighted by Crippen LogP contribution is 2.39. The number of benzene rings is 1. The smallest absolute Gasteiger partial charge is 0.407 e. The molecule has 1 aromatic heterocycles. The van der Waals surface area contributed by atoms with E-state index >= 15 is 4.39 Å². The zero-order chi connectivity index (χ0) is 27.6. The van der Waals surface area contributed by atoms with Crippen LogP contribution < -0.4 is 16.1 Å². The molecule has 2 heterocycles. The van der Waals surface area contributed by atoms with Crippen molar-refractivity contribution in [3.05, 3.63) is 51.3 Å². The fourth-order valence-electron chi connectivity index (χ4n) is 4.77. The Morgan fingerprint density at radius 3 is 2.62 bits per heavy atom. The molecule has 2 N–H and O–H groups in total. The van der Waals surface area contributed by atoms with Crippen LogP contribution in [0.15, 0.2) is 23.1 Å². The van der Waals surface area contributed by atoms with Gasteiger partial charge in [0.1, 0.15) is 11.2 Å². The third-order valence-electron chi connectivity index (χ3n) is 6.63. The first-order valence-corrected chi connectivity index (χ1v) is 13.1. The van der Waals surface area contributed by atoms with Crippen molar-refractivity contribution in [2.45, 2.75) is 78.5 Å². The van der Waals surface area contributed by atoms with E-state index in [1.807, 2.05) is 0 Å². The Bertz CT molecular complexity index is 1310. The van der Waals surface area contributed by atoms with Crippen LogP contribution in [0, 0.1) is 17.6 Å². The van der Waals surface area contributed by atoms with Gasteiger partial charge in [0.15, 0.2) is 11.6 Å². The number of esters is 1. The Morgan fingerprint density at radius 2 is 1.97 bits per heavy atom. The van der Waals surface area contributed by atoms with E-state index in [2.05, 4.69) is 10.6 Å². The number of amides is 1. The van der Waals surface area contributed by atoms with Crippen LogP contribution in [0.5, 0.6) is 0 Å². The maximum absolute atomic E-state index is 15.1. The SMILES string of the molecule is C.CCOC(=O)c1cn(C2CC2)c2c(/C=C\CC3CC(CNC(=O)OC(C)(C)C)CN3)c(F)c(F)cc2c1=O. The lowest BCUT2D eigenvalue weighted by Crippen LogP contribution is -2.35. The molecule has 8 nitrogen and oxygen atoms in total. The summed E-state index contributed by atoms with van der Waals surface area (Å²) in [6.07, 6.45) is 7.20. The number of nitrogens with zero attached hydrogens (tertiary/aromatic N) is 1. The number of aromatic nitrogens is 1. The van der Waals surface area contributed by atoms with Crippen LogP contribution >= 0.6 is 0 Å². The number of fused-ring (bicyclic) bond motifs is 1. The molecule has 2 atom stereocenters. The van der Waals surface area contributed by atoms with Crippen molar-refractivity contribution < 1.29 is 27.8 Å². The van der Waals surface area contributed by atoms with Crippen LogP contribution in [0.1, 0.15) is 82.8 Å². The van der Waals surface area contributed by atoms with Gasteiger partial charge in [-0.25, -0.2) is 18.4 Å². The molecular formula is C29H39F2N3O5. The van der Waals surface area contributed by atoms with Gasteiger partial charge in [-0.05, 0) is 71.9 Å². The first kappa shape index (κ1) is 30.3.